The van der Waals surface area contributed by atoms with Crippen LogP contribution in [0, 0.1) is 5.82 Å². The predicted molar refractivity (Wildman–Crippen MR) is 97.1 cm³/mol. The molecule has 2 amide bonds. The Hall–Kier alpha value is -2.32. The molecule has 1 aliphatic rings. The molecule has 1 aromatic heterocycles. The predicted octanol–water partition coefficient (Wildman–Crippen LogP) is 1.33. The van der Waals surface area contributed by atoms with E-state index in [0.717, 1.165) is 11.3 Å². The van der Waals surface area contributed by atoms with Gasteiger partial charge < -0.3 is 10.6 Å². The number of hydrogen-bond acceptors (Lipinski definition) is 5. The maximum atomic E-state index is 13.1. The van der Waals surface area contributed by atoms with E-state index in [1.807, 2.05) is 10.3 Å². The van der Waals surface area contributed by atoms with E-state index >= 15 is 0 Å². The number of aromatic nitrogens is 1. The summed E-state index contributed by atoms with van der Waals surface area (Å²) in [5.41, 5.74) is 3.62. The van der Waals surface area contributed by atoms with Crippen molar-refractivity contribution in [2.45, 2.75) is 25.4 Å². The summed E-state index contributed by atoms with van der Waals surface area (Å²) >= 11 is 1.52. The minimum Gasteiger partial charge on any atom is -0.356 e. The quantitative estimate of drug-likeness (QED) is 0.765. The molecule has 0 bridgehead atoms. The average Bonchev–Trinajstić information content (AvgIpc) is 3.13. The van der Waals surface area contributed by atoms with Crippen LogP contribution < -0.4 is 10.6 Å². The minimum absolute atomic E-state index is 0.101. The van der Waals surface area contributed by atoms with Gasteiger partial charge in [-0.3, -0.25) is 14.5 Å². The third-order valence-corrected chi connectivity index (χ3v) is 4.94. The molecule has 0 radical (unpaired) electrons. The maximum Gasteiger partial charge on any atom is 0.237 e. The Balaban J connectivity index is 1.54. The first-order valence-corrected chi connectivity index (χ1v) is 9.46. The van der Waals surface area contributed by atoms with Gasteiger partial charge in [-0.2, -0.15) is 0 Å². The van der Waals surface area contributed by atoms with E-state index in [1.54, 1.807) is 17.6 Å². The average molecular weight is 376 g/mol. The van der Waals surface area contributed by atoms with Crippen LogP contribution in [-0.2, 0) is 22.6 Å². The Morgan fingerprint density at radius 2 is 2.19 bits per heavy atom. The molecule has 6 nitrogen and oxygen atoms in total. The van der Waals surface area contributed by atoms with Gasteiger partial charge in [-0.25, -0.2) is 9.37 Å². The number of nitrogens with one attached hydrogen (secondary N) is 2. The van der Waals surface area contributed by atoms with Crippen LogP contribution in [-0.4, -0.2) is 47.4 Å². The Labute approximate surface area is 155 Å². The fourth-order valence-electron chi connectivity index (χ4n) is 2.94. The Bertz CT molecular complexity index is 736. The first kappa shape index (κ1) is 18.5. The highest BCUT2D eigenvalue weighted by atomic mass is 32.1. The third kappa shape index (κ3) is 5.09. The van der Waals surface area contributed by atoms with Crippen LogP contribution in [0.1, 0.15) is 17.7 Å². The van der Waals surface area contributed by atoms with Crippen molar-refractivity contribution in [3.8, 4) is 0 Å². The first-order valence-electron chi connectivity index (χ1n) is 8.52. The number of thiazole rings is 1. The molecule has 1 saturated heterocycles. The number of piperazine rings is 1. The van der Waals surface area contributed by atoms with Crippen LogP contribution in [0.2, 0.25) is 0 Å². The Morgan fingerprint density at radius 3 is 2.92 bits per heavy atom. The molecule has 1 atom stereocenters. The summed E-state index contributed by atoms with van der Waals surface area (Å²) in [6, 6.07) is 5.69. The second-order valence-electron chi connectivity index (χ2n) is 6.19. The van der Waals surface area contributed by atoms with E-state index in [9.17, 15) is 14.0 Å². The van der Waals surface area contributed by atoms with E-state index < -0.39 is 6.04 Å². The van der Waals surface area contributed by atoms with E-state index in [0.29, 0.717) is 32.6 Å². The van der Waals surface area contributed by atoms with Gasteiger partial charge in [0.15, 0.2) is 0 Å². The molecular weight excluding hydrogens is 355 g/mol. The first-order chi connectivity index (χ1) is 12.6. The van der Waals surface area contributed by atoms with Crippen LogP contribution in [0.15, 0.2) is 35.2 Å². The summed E-state index contributed by atoms with van der Waals surface area (Å²) < 4.78 is 13.1. The van der Waals surface area contributed by atoms with E-state index in [-0.39, 0.29) is 24.1 Å². The maximum absolute atomic E-state index is 13.1. The summed E-state index contributed by atoms with van der Waals surface area (Å²) in [4.78, 5) is 30.6. The van der Waals surface area contributed by atoms with Gasteiger partial charge in [-0.15, -0.1) is 11.3 Å². The molecule has 2 heterocycles. The molecule has 26 heavy (non-hydrogen) atoms. The molecule has 3 rings (SSSR count). The van der Waals surface area contributed by atoms with Crippen molar-refractivity contribution in [2.24, 2.45) is 0 Å². The number of rotatable bonds is 7. The lowest BCUT2D eigenvalue weighted by Gasteiger charge is -2.34. The summed E-state index contributed by atoms with van der Waals surface area (Å²) in [7, 11) is 0. The Kier molecular flexibility index (Phi) is 6.30. The highest BCUT2D eigenvalue weighted by molar-refractivity contribution is 7.07. The van der Waals surface area contributed by atoms with Crippen LogP contribution in [0.4, 0.5) is 4.39 Å². The molecule has 2 aromatic rings. The zero-order valence-electron chi connectivity index (χ0n) is 14.3. The molecule has 138 valence electrons. The van der Waals surface area contributed by atoms with Gasteiger partial charge in [0.05, 0.1) is 23.7 Å². The van der Waals surface area contributed by atoms with Gasteiger partial charge in [0.1, 0.15) is 5.82 Å². The topological polar surface area (TPSA) is 74.3 Å². The molecular formula is C18H21FN4O2S. The van der Waals surface area contributed by atoms with E-state index in [4.69, 9.17) is 0 Å². The fraction of sp³-hybridized carbons (Fsp3) is 0.389. The van der Waals surface area contributed by atoms with Crippen LogP contribution in [0.3, 0.4) is 0 Å². The standard InChI is InChI=1S/C18H21FN4O2S/c19-14-3-1-13(2-4-14)10-23-8-7-21-18(25)16(23)9-17(24)20-6-5-15-11-26-12-22-15/h1-4,11-12,16H,5-10H2,(H,20,24)(H,21,25). The van der Waals surface area contributed by atoms with Crippen molar-refractivity contribution < 1.29 is 14.0 Å². The van der Waals surface area contributed by atoms with Crippen LogP contribution >= 0.6 is 11.3 Å². The number of amides is 2. The second kappa shape index (κ2) is 8.86. The van der Waals surface area contributed by atoms with E-state index in [1.165, 1.54) is 23.5 Å². The summed E-state index contributed by atoms with van der Waals surface area (Å²) in [6.45, 7) is 2.20. The summed E-state index contributed by atoms with van der Waals surface area (Å²) in [5.74, 6) is -0.597. The molecule has 1 aliphatic heterocycles. The number of carbonyl (C=O) groups is 2. The lowest BCUT2D eigenvalue weighted by atomic mass is 10.1. The van der Waals surface area contributed by atoms with Crippen molar-refractivity contribution in [2.75, 3.05) is 19.6 Å². The molecule has 1 unspecified atom stereocenters. The van der Waals surface area contributed by atoms with Crippen molar-refractivity contribution in [3.05, 3.63) is 52.2 Å². The number of halogens is 1. The Morgan fingerprint density at radius 1 is 1.38 bits per heavy atom. The lowest BCUT2D eigenvalue weighted by molar-refractivity contribution is -0.134. The zero-order chi connectivity index (χ0) is 18.4. The van der Waals surface area contributed by atoms with Crippen LogP contribution in [0.25, 0.3) is 0 Å². The molecule has 8 heteroatoms. The molecule has 0 aliphatic carbocycles. The van der Waals surface area contributed by atoms with Gasteiger partial charge in [0.2, 0.25) is 11.8 Å². The fourth-order valence-corrected chi connectivity index (χ4v) is 3.53. The van der Waals surface area contributed by atoms with Crippen molar-refractivity contribution >= 4 is 23.2 Å². The SMILES string of the molecule is O=C(CC1C(=O)NCCN1Cc1ccc(F)cc1)NCCc1cscn1. The van der Waals surface area contributed by atoms with Gasteiger partial charge in [-0.05, 0) is 17.7 Å². The van der Waals surface area contributed by atoms with E-state index in [2.05, 4.69) is 15.6 Å². The van der Waals surface area contributed by atoms with Gasteiger partial charge >= 0.3 is 0 Å². The summed E-state index contributed by atoms with van der Waals surface area (Å²) in [5, 5.41) is 7.61. The number of carbonyl (C=O) groups excluding carboxylic acids is 2. The summed E-state index contributed by atoms with van der Waals surface area (Å²) in [6.07, 6.45) is 0.773. The molecule has 2 N–H and O–H groups in total. The van der Waals surface area contributed by atoms with Crippen molar-refractivity contribution in [3.63, 3.8) is 0 Å². The lowest BCUT2D eigenvalue weighted by Crippen LogP contribution is -2.56. The monoisotopic (exact) mass is 376 g/mol. The number of benzene rings is 1. The molecule has 1 aromatic carbocycles. The largest absolute Gasteiger partial charge is 0.356 e. The highest BCUT2D eigenvalue weighted by Crippen LogP contribution is 2.14. The van der Waals surface area contributed by atoms with Gasteiger partial charge in [0, 0.05) is 38.0 Å². The zero-order valence-corrected chi connectivity index (χ0v) is 15.1. The van der Waals surface area contributed by atoms with Gasteiger partial charge in [0.25, 0.3) is 0 Å². The molecule has 0 spiro atoms. The van der Waals surface area contributed by atoms with Crippen LogP contribution in [0.5, 0.6) is 0 Å². The smallest absolute Gasteiger partial charge is 0.237 e. The van der Waals surface area contributed by atoms with Crippen molar-refractivity contribution in [1.82, 2.24) is 20.5 Å². The molecule has 0 saturated carbocycles. The van der Waals surface area contributed by atoms with Crippen molar-refractivity contribution in [1.29, 1.82) is 0 Å². The van der Waals surface area contributed by atoms with Gasteiger partial charge in [-0.1, -0.05) is 12.1 Å². The second-order valence-corrected chi connectivity index (χ2v) is 6.91. The number of hydrogen-bond donors (Lipinski definition) is 2. The number of nitrogens with zero attached hydrogens (tertiary/aromatic N) is 2. The molecule has 1 fully saturated rings. The minimum atomic E-state index is -0.520. The highest BCUT2D eigenvalue weighted by Gasteiger charge is 2.31. The normalized spacial score (nSPS) is 17.7. The third-order valence-electron chi connectivity index (χ3n) is 4.31.